The van der Waals surface area contributed by atoms with Crippen molar-refractivity contribution in [3.63, 3.8) is 0 Å². The number of amides is 1. The minimum Gasteiger partial charge on any atom is -0.375 e. The smallest absolute Gasteiger partial charge is 0.264 e. The third kappa shape index (κ3) is 2.64. The first kappa shape index (κ1) is 15.0. The van der Waals surface area contributed by atoms with Gasteiger partial charge in [0.05, 0.1) is 23.3 Å². The Morgan fingerprint density at radius 2 is 2.09 bits per heavy atom. The van der Waals surface area contributed by atoms with Gasteiger partial charge < -0.3 is 9.64 Å². The zero-order chi connectivity index (χ0) is 16.1. The van der Waals surface area contributed by atoms with Crippen LogP contribution in [0.2, 0.25) is 0 Å². The first-order chi connectivity index (χ1) is 11.0. The summed E-state index contributed by atoms with van der Waals surface area (Å²) < 4.78 is 5.54. The first-order valence-electron chi connectivity index (χ1n) is 8.23. The average molecular weight is 331 g/mol. The Kier molecular flexibility index (Phi) is 3.61. The molecule has 5 nitrogen and oxygen atoms in total. The normalized spacial score (nSPS) is 21.9. The Balaban J connectivity index is 1.73. The van der Waals surface area contributed by atoms with Gasteiger partial charge in [-0.25, -0.2) is 9.97 Å². The van der Waals surface area contributed by atoms with Crippen LogP contribution in [0.5, 0.6) is 0 Å². The van der Waals surface area contributed by atoms with E-state index >= 15 is 0 Å². The van der Waals surface area contributed by atoms with Crippen LogP contribution in [-0.2, 0) is 4.74 Å². The second-order valence-electron chi connectivity index (χ2n) is 6.61. The van der Waals surface area contributed by atoms with E-state index in [1.165, 1.54) is 24.2 Å². The van der Waals surface area contributed by atoms with E-state index in [9.17, 15) is 4.79 Å². The molecule has 1 amide bonds. The summed E-state index contributed by atoms with van der Waals surface area (Å²) in [6.07, 6.45) is 2.48. The minimum atomic E-state index is 0.102. The molecule has 0 aromatic carbocycles. The zero-order valence-electron chi connectivity index (χ0n) is 13.8. The highest BCUT2D eigenvalue weighted by Gasteiger charge is 2.30. The third-order valence-electron chi connectivity index (χ3n) is 4.65. The number of carbonyl (C=O) groups is 1. The van der Waals surface area contributed by atoms with Crippen LogP contribution in [0.15, 0.2) is 0 Å². The van der Waals surface area contributed by atoms with E-state index in [1.54, 1.807) is 0 Å². The minimum absolute atomic E-state index is 0.102. The number of ether oxygens (including phenoxy) is 1. The van der Waals surface area contributed by atoms with Crippen molar-refractivity contribution >= 4 is 27.5 Å². The molecule has 0 spiro atoms. The fraction of sp³-hybridized carbons (Fsp3) is 0.588. The lowest BCUT2D eigenvalue weighted by molar-refractivity contribution is -0.0122. The molecule has 1 aliphatic carbocycles. The lowest BCUT2D eigenvalue weighted by atomic mass is 10.1. The van der Waals surface area contributed by atoms with Gasteiger partial charge in [-0.2, -0.15) is 0 Å². The number of carbonyl (C=O) groups excluding carboxylic acids is 1. The molecule has 1 unspecified atom stereocenters. The molecule has 6 heteroatoms. The van der Waals surface area contributed by atoms with E-state index in [4.69, 9.17) is 9.72 Å². The molecule has 0 bridgehead atoms. The largest absolute Gasteiger partial charge is 0.375 e. The van der Waals surface area contributed by atoms with E-state index in [1.807, 2.05) is 25.7 Å². The van der Waals surface area contributed by atoms with Crippen molar-refractivity contribution in [2.75, 3.05) is 19.7 Å². The average Bonchev–Trinajstić information content (AvgIpc) is 3.31. The van der Waals surface area contributed by atoms with Crippen LogP contribution in [0, 0.1) is 13.8 Å². The van der Waals surface area contributed by atoms with Crippen LogP contribution >= 0.6 is 11.3 Å². The van der Waals surface area contributed by atoms with Crippen molar-refractivity contribution in [3.05, 3.63) is 22.0 Å². The monoisotopic (exact) mass is 331 g/mol. The standard InChI is InChI=1S/C17H21N3O2S/c1-9-8-20(6-7-22-9)17(21)14-10(2)13-11(3)18-15(12-4-5-12)19-16(13)23-14/h9,12H,4-8H2,1-3H3. The molecule has 0 N–H and O–H groups in total. The first-order valence-corrected chi connectivity index (χ1v) is 9.04. The molecule has 2 aliphatic rings. The van der Waals surface area contributed by atoms with E-state index in [2.05, 4.69) is 4.98 Å². The topological polar surface area (TPSA) is 55.3 Å². The van der Waals surface area contributed by atoms with Crippen LogP contribution in [-0.4, -0.2) is 46.6 Å². The van der Waals surface area contributed by atoms with E-state index < -0.39 is 0 Å². The molecule has 1 atom stereocenters. The van der Waals surface area contributed by atoms with Crippen molar-refractivity contribution in [1.82, 2.24) is 14.9 Å². The molecular formula is C17H21N3O2S. The number of fused-ring (bicyclic) bond motifs is 1. The van der Waals surface area contributed by atoms with Gasteiger partial charge in [0.1, 0.15) is 10.7 Å². The van der Waals surface area contributed by atoms with Gasteiger partial charge in [-0.1, -0.05) is 0 Å². The van der Waals surface area contributed by atoms with Crippen molar-refractivity contribution in [2.45, 2.75) is 45.6 Å². The Morgan fingerprint density at radius 1 is 1.30 bits per heavy atom. The fourth-order valence-corrected chi connectivity index (χ4v) is 4.44. The van der Waals surface area contributed by atoms with Crippen molar-refractivity contribution < 1.29 is 9.53 Å². The lowest BCUT2D eigenvalue weighted by Crippen LogP contribution is -2.44. The molecule has 4 rings (SSSR count). The highest BCUT2D eigenvalue weighted by atomic mass is 32.1. The second-order valence-corrected chi connectivity index (χ2v) is 7.61. The number of hydrogen-bond acceptors (Lipinski definition) is 5. The molecule has 1 saturated carbocycles. The number of aryl methyl sites for hydroxylation is 2. The number of nitrogens with zero attached hydrogens (tertiary/aromatic N) is 3. The van der Waals surface area contributed by atoms with Gasteiger partial charge in [0.2, 0.25) is 0 Å². The molecule has 0 radical (unpaired) electrons. The summed E-state index contributed by atoms with van der Waals surface area (Å²) in [6, 6.07) is 0. The van der Waals surface area contributed by atoms with Crippen LogP contribution < -0.4 is 0 Å². The maximum atomic E-state index is 12.9. The van der Waals surface area contributed by atoms with Gasteiger partial charge in [-0.3, -0.25) is 4.79 Å². The number of rotatable bonds is 2. The van der Waals surface area contributed by atoms with E-state index in [0.29, 0.717) is 25.6 Å². The Morgan fingerprint density at radius 3 is 2.78 bits per heavy atom. The number of morpholine rings is 1. The molecule has 1 aliphatic heterocycles. The second kappa shape index (κ2) is 5.53. The highest BCUT2D eigenvalue weighted by Crippen LogP contribution is 2.40. The predicted molar refractivity (Wildman–Crippen MR) is 90.2 cm³/mol. The van der Waals surface area contributed by atoms with Crippen molar-refractivity contribution in [3.8, 4) is 0 Å². The fourth-order valence-electron chi connectivity index (χ4n) is 3.23. The Hall–Kier alpha value is -1.53. The summed E-state index contributed by atoms with van der Waals surface area (Å²) in [7, 11) is 0. The number of thiophene rings is 1. The molecule has 23 heavy (non-hydrogen) atoms. The van der Waals surface area contributed by atoms with Crippen LogP contribution in [0.3, 0.4) is 0 Å². The Labute approximate surface area is 139 Å². The predicted octanol–water partition coefficient (Wildman–Crippen LogP) is 3.05. The number of hydrogen-bond donors (Lipinski definition) is 0. The highest BCUT2D eigenvalue weighted by molar-refractivity contribution is 7.20. The van der Waals surface area contributed by atoms with Gasteiger partial charge >= 0.3 is 0 Å². The molecule has 2 fully saturated rings. The summed E-state index contributed by atoms with van der Waals surface area (Å²) in [4.78, 5) is 26.0. The van der Waals surface area contributed by atoms with Gasteiger partial charge in [0.15, 0.2) is 0 Å². The zero-order valence-corrected chi connectivity index (χ0v) is 14.6. The summed E-state index contributed by atoms with van der Waals surface area (Å²) >= 11 is 1.52. The lowest BCUT2D eigenvalue weighted by Gasteiger charge is -2.31. The van der Waals surface area contributed by atoms with Crippen molar-refractivity contribution in [2.24, 2.45) is 0 Å². The van der Waals surface area contributed by atoms with Crippen LogP contribution in [0.25, 0.3) is 10.2 Å². The summed E-state index contributed by atoms with van der Waals surface area (Å²) in [5, 5.41) is 1.06. The van der Waals surface area contributed by atoms with Gasteiger partial charge in [0.25, 0.3) is 5.91 Å². The van der Waals surface area contributed by atoms with E-state index in [-0.39, 0.29) is 12.0 Å². The number of aromatic nitrogens is 2. The van der Waals surface area contributed by atoms with Crippen LogP contribution in [0.4, 0.5) is 0 Å². The molecular weight excluding hydrogens is 310 g/mol. The summed E-state index contributed by atoms with van der Waals surface area (Å²) in [5.74, 6) is 1.59. The van der Waals surface area contributed by atoms with Crippen LogP contribution in [0.1, 0.15) is 52.4 Å². The SMILES string of the molecule is Cc1nc(C2CC2)nc2sc(C(=O)N3CCOC(C)C3)c(C)c12. The molecule has 1 saturated heterocycles. The van der Waals surface area contributed by atoms with Gasteiger partial charge in [-0.15, -0.1) is 11.3 Å². The maximum Gasteiger partial charge on any atom is 0.264 e. The molecule has 122 valence electrons. The molecule has 2 aromatic rings. The quantitative estimate of drug-likeness (QED) is 0.849. The summed E-state index contributed by atoms with van der Waals surface area (Å²) in [5.41, 5.74) is 2.02. The maximum absolute atomic E-state index is 12.9. The van der Waals surface area contributed by atoms with Crippen molar-refractivity contribution in [1.29, 1.82) is 0 Å². The molecule has 2 aromatic heterocycles. The molecule has 3 heterocycles. The summed E-state index contributed by atoms with van der Waals surface area (Å²) in [6.45, 7) is 7.99. The van der Waals surface area contributed by atoms with Gasteiger partial charge in [0, 0.05) is 24.4 Å². The van der Waals surface area contributed by atoms with Gasteiger partial charge in [-0.05, 0) is 39.2 Å². The van der Waals surface area contributed by atoms with E-state index in [0.717, 1.165) is 32.2 Å². The third-order valence-corrected chi connectivity index (χ3v) is 5.83. The Bertz CT molecular complexity index is 782.